The molecule has 0 unspecified atom stereocenters. The van der Waals surface area contributed by atoms with Gasteiger partial charge in [0, 0.05) is 11.6 Å². The van der Waals surface area contributed by atoms with Gasteiger partial charge in [-0.3, -0.25) is 4.79 Å². The third kappa shape index (κ3) is 2.18. The summed E-state index contributed by atoms with van der Waals surface area (Å²) >= 11 is 0. The van der Waals surface area contributed by atoms with Gasteiger partial charge in [0.1, 0.15) is 11.5 Å². The first-order chi connectivity index (χ1) is 10.1. The summed E-state index contributed by atoms with van der Waals surface area (Å²) in [4.78, 5) is 12.2. The van der Waals surface area contributed by atoms with Crippen LogP contribution in [0.3, 0.4) is 0 Å². The number of Topliss-reactive ketones (excluding diaryl/α,β-unsaturated/α-hetero) is 1. The molecule has 1 heterocycles. The second-order valence-electron chi connectivity index (χ2n) is 4.52. The van der Waals surface area contributed by atoms with Crippen molar-refractivity contribution in [3.05, 3.63) is 53.3 Å². The Morgan fingerprint density at radius 3 is 2.76 bits per heavy atom. The summed E-state index contributed by atoms with van der Waals surface area (Å²) in [6, 6.07) is 9.25. The summed E-state index contributed by atoms with van der Waals surface area (Å²) < 4.78 is 10.4. The molecule has 0 aliphatic carbocycles. The fourth-order valence-electron chi connectivity index (χ4n) is 2.14. The van der Waals surface area contributed by atoms with Crippen LogP contribution in [0.1, 0.15) is 15.9 Å². The summed E-state index contributed by atoms with van der Waals surface area (Å²) in [5.74, 6) is 0.347. The van der Waals surface area contributed by atoms with Crippen LogP contribution in [-0.4, -0.2) is 23.1 Å². The zero-order valence-electron chi connectivity index (χ0n) is 11.2. The number of hydrogen-bond acceptors (Lipinski definition) is 5. The van der Waals surface area contributed by atoms with Gasteiger partial charge in [0.15, 0.2) is 17.3 Å². The van der Waals surface area contributed by atoms with Gasteiger partial charge in [-0.05, 0) is 24.3 Å². The van der Waals surface area contributed by atoms with Crippen LogP contribution >= 0.6 is 0 Å². The van der Waals surface area contributed by atoms with E-state index in [-0.39, 0.29) is 23.0 Å². The molecule has 1 aliphatic heterocycles. The van der Waals surface area contributed by atoms with Crippen LogP contribution < -0.4 is 9.47 Å². The largest absolute Gasteiger partial charge is 0.508 e. The van der Waals surface area contributed by atoms with Crippen LogP contribution in [0.25, 0.3) is 6.08 Å². The molecule has 0 atom stereocenters. The van der Waals surface area contributed by atoms with Gasteiger partial charge in [-0.25, -0.2) is 0 Å². The lowest BCUT2D eigenvalue weighted by molar-refractivity contribution is 0.101. The fraction of sp³-hybridized carbons (Fsp3) is 0.0625. The number of fused-ring (bicyclic) bond motifs is 1. The van der Waals surface area contributed by atoms with Crippen molar-refractivity contribution in [1.82, 2.24) is 0 Å². The zero-order chi connectivity index (χ0) is 15.0. The van der Waals surface area contributed by atoms with E-state index in [0.29, 0.717) is 22.6 Å². The van der Waals surface area contributed by atoms with Gasteiger partial charge < -0.3 is 19.7 Å². The molecule has 5 nitrogen and oxygen atoms in total. The standard InChI is InChI=1S/C16H12O5/c1-20-12-4-2-3-9(15(12)18)7-14-16(19)11-6-5-10(17)8-13(11)21-14/h2-8,17-18H,1H3/b14-7+. The Balaban J connectivity index is 2.02. The van der Waals surface area contributed by atoms with Gasteiger partial charge in [0.05, 0.1) is 12.7 Å². The van der Waals surface area contributed by atoms with E-state index in [1.165, 1.54) is 31.4 Å². The predicted octanol–water partition coefficient (Wildman–Crippen LogP) is 2.72. The number of ketones is 1. The van der Waals surface area contributed by atoms with Gasteiger partial charge in [0.25, 0.3) is 0 Å². The molecule has 1 aliphatic rings. The molecular weight excluding hydrogens is 272 g/mol. The van der Waals surface area contributed by atoms with E-state index in [2.05, 4.69) is 0 Å². The first kappa shape index (κ1) is 13.1. The first-order valence-corrected chi connectivity index (χ1v) is 6.23. The lowest BCUT2D eigenvalue weighted by Crippen LogP contribution is -1.98. The molecule has 0 amide bonds. The van der Waals surface area contributed by atoms with Crippen LogP contribution in [0, 0.1) is 0 Å². The maximum absolute atomic E-state index is 12.2. The summed E-state index contributed by atoms with van der Waals surface area (Å²) in [6.07, 6.45) is 1.44. The Morgan fingerprint density at radius 2 is 2.00 bits per heavy atom. The molecule has 106 valence electrons. The van der Waals surface area contributed by atoms with Crippen molar-refractivity contribution >= 4 is 11.9 Å². The number of benzene rings is 2. The van der Waals surface area contributed by atoms with Crippen molar-refractivity contribution in [2.75, 3.05) is 7.11 Å². The molecule has 3 rings (SSSR count). The van der Waals surface area contributed by atoms with E-state index in [9.17, 15) is 15.0 Å². The number of rotatable bonds is 2. The Morgan fingerprint density at radius 1 is 1.19 bits per heavy atom. The minimum Gasteiger partial charge on any atom is -0.508 e. The highest BCUT2D eigenvalue weighted by atomic mass is 16.5. The van der Waals surface area contributed by atoms with Gasteiger partial charge in [-0.1, -0.05) is 12.1 Å². The van der Waals surface area contributed by atoms with Crippen molar-refractivity contribution in [3.63, 3.8) is 0 Å². The molecule has 2 N–H and O–H groups in total. The maximum atomic E-state index is 12.2. The number of para-hydroxylation sites is 1. The van der Waals surface area contributed by atoms with Crippen molar-refractivity contribution in [2.24, 2.45) is 0 Å². The lowest BCUT2D eigenvalue weighted by atomic mass is 10.1. The average molecular weight is 284 g/mol. The number of phenols is 2. The number of carbonyl (C=O) groups excluding carboxylic acids is 1. The van der Waals surface area contributed by atoms with E-state index >= 15 is 0 Å². The summed E-state index contributed by atoms with van der Waals surface area (Å²) in [7, 11) is 1.45. The van der Waals surface area contributed by atoms with E-state index in [0.717, 1.165) is 0 Å². The van der Waals surface area contributed by atoms with Crippen LogP contribution in [0.5, 0.6) is 23.0 Å². The Kier molecular flexibility index (Phi) is 3.02. The smallest absolute Gasteiger partial charge is 0.231 e. The second kappa shape index (κ2) is 4.86. The molecule has 0 aromatic heterocycles. The van der Waals surface area contributed by atoms with Crippen LogP contribution in [0.15, 0.2) is 42.2 Å². The molecule has 5 heteroatoms. The third-order valence-electron chi connectivity index (χ3n) is 3.19. The highest BCUT2D eigenvalue weighted by molar-refractivity contribution is 6.14. The molecule has 0 saturated carbocycles. The number of allylic oxidation sites excluding steroid dienone is 1. The Bertz CT molecular complexity index is 761. The van der Waals surface area contributed by atoms with Gasteiger partial charge in [-0.2, -0.15) is 0 Å². The molecule has 0 spiro atoms. The molecule has 0 saturated heterocycles. The predicted molar refractivity (Wildman–Crippen MR) is 75.7 cm³/mol. The summed E-state index contributed by atoms with van der Waals surface area (Å²) in [6.45, 7) is 0. The maximum Gasteiger partial charge on any atom is 0.231 e. The van der Waals surface area contributed by atoms with Crippen LogP contribution in [0.4, 0.5) is 0 Å². The monoisotopic (exact) mass is 284 g/mol. The zero-order valence-corrected chi connectivity index (χ0v) is 11.2. The van der Waals surface area contributed by atoms with E-state index in [1.54, 1.807) is 18.2 Å². The van der Waals surface area contributed by atoms with Crippen molar-refractivity contribution in [2.45, 2.75) is 0 Å². The minimum atomic E-state index is -0.299. The Hall–Kier alpha value is -2.95. The van der Waals surface area contributed by atoms with Crippen LogP contribution in [0.2, 0.25) is 0 Å². The molecule has 0 bridgehead atoms. The highest BCUT2D eigenvalue weighted by Crippen LogP contribution is 2.36. The Labute approximate surface area is 120 Å². The van der Waals surface area contributed by atoms with E-state index < -0.39 is 0 Å². The molecule has 2 aromatic rings. The molecular formula is C16H12O5. The van der Waals surface area contributed by atoms with E-state index in [4.69, 9.17) is 9.47 Å². The molecule has 0 radical (unpaired) electrons. The highest BCUT2D eigenvalue weighted by Gasteiger charge is 2.27. The lowest BCUT2D eigenvalue weighted by Gasteiger charge is -2.06. The topological polar surface area (TPSA) is 76.0 Å². The van der Waals surface area contributed by atoms with Gasteiger partial charge in [-0.15, -0.1) is 0 Å². The SMILES string of the molecule is COc1cccc(/C=C2/Oc3cc(O)ccc3C2=O)c1O. The van der Waals surface area contributed by atoms with Crippen LogP contribution in [-0.2, 0) is 0 Å². The minimum absolute atomic E-state index is 0.0204. The second-order valence-corrected chi connectivity index (χ2v) is 4.52. The number of hydrogen-bond donors (Lipinski definition) is 2. The van der Waals surface area contributed by atoms with Crippen molar-refractivity contribution in [1.29, 1.82) is 0 Å². The van der Waals surface area contributed by atoms with Crippen molar-refractivity contribution in [3.8, 4) is 23.0 Å². The summed E-state index contributed by atoms with van der Waals surface area (Å²) in [5.41, 5.74) is 0.788. The average Bonchev–Trinajstić information content (AvgIpc) is 2.77. The number of ether oxygens (including phenoxy) is 2. The number of aromatic hydroxyl groups is 2. The number of phenolic OH excluding ortho intramolecular Hbond substituents is 2. The summed E-state index contributed by atoms with van der Waals surface area (Å²) in [5, 5.41) is 19.4. The molecule has 0 fully saturated rings. The number of methoxy groups -OCH3 is 1. The normalized spacial score (nSPS) is 14.9. The molecule has 2 aromatic carbocycles. The number of carbonyl (C=O) groups is 1. The quantitative estimate of drug-likeness (QED) is 0.829. The van der Waals surface area contributed by atoms with Crippen molar-refractivity contribution < 1.29 is 24.5 Å². The van der Waals surface area contributed by atoms with Gasteiger partial charge in [0.2, 0.25) is 5.78 Å². The fourth-order valence-corrected chi connectivity index (χ4v) is 2.14. The third-order valence-corrected chi connectivity index (χ3v) is 3.19. The van der Waals surface area contributed by atoms with E-state index in [1.807, 2.05) is 0 Å². The first-order valence-electron chi connectivity index (χ1n) is 6.23. The molecule has 21 heavy (non-hydrogen) atoms. The van der Waals surface area contributed by atoms with Gasteiger partial charge >= 0.3 is 0 Å².